The van der Waals surface area contributed by atoms with Crippen molar-refractivity contribution in [2.24, 2.45) is 0 Å². The summed E-state index contributed by atoms with van der Waals surface area (Å²) in [5.41, 5.74) is 0.847. The number of rotatable bonds is 3. The lowest BCUT2D eigenvalue weighted by Crippen LogP contribution is -2.18. The van der Waals surface area contributed by atoms with E-state index in [0.29, 0.717) is 16.9 Å². The summed E-state index contributed by atoms with van der Waals surface area (Å²) < 4.78 is 26.3. The van der Waals surface area contributed by atoms with Gasteiger partial charge in [0.25, 0.3) is 0 Å². The van der Waals surface area contributed by atoms with E-state index in [1.165, 1.54) is 18.3 Å². The van der Waals surface area contributed by atoms with E-state index in [1.807, 2.05) is 6.07 Å². The van der Waals surface area contributed by atoms with Crippen LogP contribution in [0.25, 0.3) is 0 Å². The zero-order chi connectivity index (χ0) is 13.8. The summed E-state index contributed by atoms with van der Waals surface area (Å²) in [5, 5.41) is 8.68. The van der Waals surface area contributed by atoms with Crippen molar-refractivity contribution in [3.63, 3.8) is 0 Å². The molecule has 96 valence electrons. The van der Waals surface area contributed by atoms with Gasteiger partial charge in [-0.25, -0.2) is 13.8 Å². The molecule has 2 rings (SSSR count). The number of nitrogens with zero attached hydrogens (tertiary/aromatic N) is 3. The topological polar surface area (TPSA) is 39.9 Å². The first-order chi connectivity index (χ1) is 9.10. The SMILES string of the molecule is CN(Cc1ccc(F)cc1F)c1ccc(C#N)cn1. The lowest BCUT2D eigenvalue weighted by Gasteiger charge is -2.18. The fraction of sp³-hybridized carbons (Fsp3) is 0.143. The van der Waals surface area contributed by atoms with Gasteiger partial charge in [0.05, 0.1) is 5.56 Å². The van der Waals surface area contributed by atoms with E-state index in [4.69, 9.17) is 5.26 Å². The van der Waals surface area contributed by atoms with Crippen molar-refractivity contribution in [3.05, 3.63) is 59.3 Å². The smallest absolute Gasteiger partial charge is 0.131 e. The Hall–Kier alpha value is -2.48. The molecule has 0 aliphatic heterocycles. The van der Waals surface area contributed by atoms with Gasteiger partial charge in [0.1, 0.15) is 23.5 Å². The van der Waals surface area contributed by atoms with Crippen molar-refractivity contribution >= 4 is 5.82 Å². The molecule has 0 aliphatic carbocycles. The van der Waals surface area contributed by atoms with Gasteiger partial charge in [-0.05, 0) is 18.2 Å². The van der Waals surface area contributed by atoms with Gasteiger partial charge in [-0.1, -0.05) is 6.07 Å². The first-order valence-electron chi connectivity index (χ1n) is 5.61. The molecule has 0 amide bonds. The molecule has 0 saturated carbocycles. The number of halogens is 2. The number of pyridine rings is 1. The molecular weight excluding hydrogens is 248 g/mol. The molecular formula is C14H11F2N3. The molecule has 0 saturated heterocycles. The van der Waals surface area contributed by atoms with Crippen molar-refractivity contribution in [2.45, 2.75) is 6.54 Å². The quantitative estimate of drug-likeness (QED) is 0.850. The summed E-state index contributed by atoms with van der Waals surface area (Å²) in [5.74, 6) is -0.566. The van der Waals surface area contributed by atoms with Crippen molar-refractivity contribution in [1.82, 2.24) is 4.98 Å². The van der Waals surface area contributed by atoms with Crippen LogP contribution in [-0.4, -0.2) is 12.0 Å². The molecule has 0 atom stereocenters. The van der Waals surface area contributed by atoms with Gasteiger partial charge in [-0.2, -0.15) is 5.26 Å². The number of anilines is 1. The van der Waals surface area contributed by atoms with Gasteiger partial charge in [0.15, 0.2) is 0 Å². The minimum Gasteiger partial charge on any atom is -0.355 e. The van der Waals surface area contributed by atoms with E-state index < -0.39 is 11.6 Å². The highest BCUT2D eigenvalue weighted by Gasteiger charge is 2.08. The van der Waals surface area contributed by atoms with E-state index in [1.54, 1.807) is 24.1 Å². The van der Waals surface area contributed by atoms with Crippen LogP contribution in [-0.2, 0) is 6.54 Å². The standard InChI is InChI=1S/C14H11F2N3/c1-19(14-5-2-10(7-17)8-18-14)9-11-3-4-12(15)6-13(11)16/h2-6,8H,9H2,1H3. The molecule has 0 N–H and O–H groups in total. The summed E-state index contributed by atoms with van der Waals surface area (Å²) in [7, 11) is 1.75. The predicted molar refractivity (Wildman–Crippen MR) is 67.4 cm³/mol. The maximum absolute atomic E-state index is 13.5. The molecule has 5 heteroatoms. The minimum atomic E-state index is -0.597. The maximum atomic E-state index is 13.5. The molecule has 1 heterocycles. The molecule has 0 aliphatic rings. The second-order valence-corrected chi connectivity index (χ2v) is 4.11. The fourth-order valence-electron chi connectivity index (χ4n) is 1.66. The Morgan fingerprint density at radius 2 is 2.05 bits per heavy atom. The van der Waals surface area contributed by atoms with Gasteiger partial charge >= 0.3 is 0 Å². The van der Waals surface area contributed by atoms with Crippen LogP contribution in [0.5, 0.6) is 0 Å². The molecule has 0 bridgehead atoms. The Bertz CT molecular complexity index is 618. The molecule has 0 spiro atoms. The Labute approximate surface area is 109 Å². The van der Waals surface area contributed by atoms with Crippen LogP contribution in [0.4, 0.5) is 14.6 Å². The van der Waals surface area contributed by atoms with Crippen molar-refractivity contribution in [2.75, 3.05) is 11.9 Å². The molecule has 0 radical (unpaired) electrons. The van der Waals surface area contributed by atoms with Gasteiger partial charge in [-0.15, -0.1) is 0 Å². The van der Waals surface area contributed by atoms with Crippen LogP contribution >= 0.6 is 0 Å². The fourth-order valence-corrected chi connectivity index (χ4v) is 1.66. The van der Waals surface area contributed by atoms with Crippen molar-refractivity contribution in [1.29, 1.82) is 5.26 Å². The van der Waals surface area contributed by atoms with Crippen LogP contribution in [0.3, 0.4) is 0 Å². The Morgan fingerprint density at radius 1 is 1.26 bits per heavy atom. The normalized spacial score (nSPS) is 10.0. The van der Waals surface area contributed by atoms with E-state index in [9.17, 15) is 8.78 Å². The third-order valence-electron chi connectivity index (χ3n) is 2.69. The summed E-state index contributed by atoms with van der Waals surface area (Å²) in [6.45, 7) is 0.269. The second kappa shape index (κ2) is 5.44. The maximum Gasteiger partial charge on any atom is 0.131 e. The monoisotopic (exact) mass is 259 g/mol. The average molecular weight is 259 g/mol. The summed E-state index contributed by atoms with van der Waals surface area (Å²) >= 11 is 0. The van der Waals surface area contributed by atoms with E-state index in [-0.39, 0.29) is 6.54 Å². The lowest BCUT2D eigenvalue weighted by atomic mass is 10.2. The second-order valence-electron chi connectivity index (χ2n) is 4.11. The van der Waals surface area contributed by atoms with Gasteiger partial charge in [0, 0.05) is 31.4 Å². The van der Waals surface area contributed by atoms with E-state index in [0.717, 1.165) is 6.07 Å². The molecule has 0 unspecified atom stereocenters. The molecule has 1 aromatic heterocycles. The molecule has 3 nitrogen and oxygen atoms in total. The molecule has 1 aromatic carbocycles. The summed E-state index contributed by atoms with van der Waals surface area (Å²) in [6.07, 6.45) is 1.45. The Morgan fingerprint density at radius 3 is 2.63 bits per heavy atom. The predicted octanol–water partition coefficient (Wildman–Crippen LogP) is 2.87. The molecule has 0 fully saturated rings. The zero-order valence-corrected chi connectivity index (χ0v) is 10.3. The minimum absolute atomic E-state index is 0.269. The van der Waals surface area contributed by atoms with Crippen molar-refractivity contribution in [3.8, 4) is 6.07 Å². The first kappa shape index (κ1) is 13.0. The van der Waals surface area contributed by atoms with Gasteiger partial charge in [0.2, 0.25) is 0 Å². The first-order valence-corrected chi connectivity index (χ1v) is 5.61. The number of hydrogen-bond acceptors (Lipinski definition) is 3. The largest absolute Gasteiger partial charge is 0.355 e. The third kappa shape index (κ3) is 3.05. The highest BCUT2D eigenvalue weighted by molar-refractivity contribution is 5.42. The van der Waals surface area contributed by atoms with Crippen molar-refractivity contribution < 1.29 is 8.78 Å². The van der Waals surface area contributed by atoms with Crippen LogP contribution in [0.2, 0.25) is 0 Å². The number of aromatic nitrogens is 1. The molecule has 19 heavy (non-hydrogen) atoms. The van der Waals surface area contributed by atoms with E-state index in [2.05, 4.69) is 4.98 Å². The Kier molecular flexibility index (Phi) is 3.71. The third-order valence-corrected chi connectivity index (χ3v) is 2.69. The van der Waals surface area contributed by atoms with Gasteiger partial charge in [-0.3, -0.25) is 0 Å². The van der Waals surface area contributed by atoms with E-state index >= 15 is 0 Å². The number of hydrogen-bond donors (Lipinski definition) is 0. The summed E-state index contributed by atoms with van der Waals surface area (Å²) in [6, 6.07) is 8.78. The summed E-state index contributed by atoms with van der Waals surface area (Å²) in [4.78, 5) is 5.82. The Balaban J connectivity index is 2.16. The number of benzene rings is 1. The number of nitriles is 1. The lowest BCUT2D eigenvalue weighted by molar-refractivity contribution is 0.571. The van der Waals surface area contributed by atoms with Gasteiger partial charge < -0.3 is 4.90 Å². The highest BCUT2D eigenvalue weighted by atomic mass is 19.1. The van der Waals surface area contributed by atoms with Crippen LogP contribution < -0.4 is 4.90 Å². The van der Waals surface area contributed by atoms with Crippen LogP contribution in [0, 0.1) is 23.0 Å². The average Bonchev–Trinajstić information content (AvgIpc) is 2.42. The zero-order valence-electron chi connectivity index (χ0n) is 10.3. The van der Waals surface area contributed by atoms with Crippen LogP contribution in [0.1, 0.15) is 11.1 Å². The molecule has 2 aromatic rings. The van der Waals surface area contributed by atoms with Crippen LogP contribution in [0.15, 0.2) is 36.5 Å². The highest BCUT2D eigenvalue weighted by Crippen LogP contribution is 2.16.